The fraction of sp³-hybridized carbons (Fsp3) is 0.292. The molecule has 1 aliphatic carbocycles. The summed E-state index contributed by atoms with van der Waals surface area (Å²) >= 11 is 1.27. The number of oxazole rings is 1. The van der Waals surface area contributed by atoms with E-state index in [4.69, 9.17) is 21.3 Å². The van der Waals surface area contributed by atoms with E-state index in [1.54, 1.807) is 6.20 Å². The number of fused-ring (bicyclic) bond motifs is 1. The van der Waals surface area contributed by atoms with Crippen molar-refractivity contribution < 1.29 is 22.7 Å². The zero-order chi connectivity index (χ0) is 24.6. The molecule has 1 aromatic carbocycles. The maximum atomic E-state index is 15.1. The molecule has 2 aliphatic rings. The molecule has 8 nitrogen and oxygen atoms in total. The van der Waals surface area contributed by atoms with Crippen molar-refractivity contribution in [3.8, 4) is 18.2 Å². The van der Waals surface area contributed by atoms with Gasteiger partial charge in [-0.2, -0.15) is 0 Å². The van der Waals surface area contributed by atoms with Gasteiger partial charge >= 0.3 is 0 Å². The summed E-state index contributed by atoms with van der Waals surface area (Å²) in [6.45, 7) is -0.936. The Morgan fingerprint density at radius 2 is 2.20 bits per heavy atom. The van der Waals surface area contributed by atoms with Crippen molar-refractivity contribution in [1.29, 1.82) is 0 Å². The highest BCUT2D eigenvalue weighted by molar-refractivity contribution is 8.14. The van der Waals surface area contributed by atoms with Gasteiger partial charge in [0.05, 0.1) is 23.3 Å². The van der Waals surface area contributed by atoms with Gasteiger partial charge in [0.1, 0.15) is 29.5 Å². The van der Waals surface area contributed by atoms with Crippen molar-refractivity contribution in [1.82, 2.24) is 15.0 Å². The molecule has 2 aromatic heterocycles. The molecule has 0 spiro atoms. The maximum Gasteiger partial charge on any atom is 0.233 e. The molecule has 0 radical (unpaired) electrons. The molecule has 0 unspecified atom stereocenters. The summed E-state index contributed by atoms with van der Waals surface area (Å²) in [5, 5.41) is 0.135. The number of hydrogen-bond acceptors (Lipinski definition) is 9. The van der Waals surface area contributed by atoms with Crippen molar-refractivity contribution in [3.63, 3.8) is 0 Å². The van der Waals surface area contributed by atoms with Crippen LogP contribution in [0.25, 0.3) is 0 Å². The molecule has 2 N–H and O–H groups in total. The molecule has 11 heteroatoms. The van der Waals surface area contributed by atoms with Crippen molar-refractivity contribution in [3.05, 3.63) is 71.6 Å². The second-order valence-electron chi connectivity index (χ2n) is 8.27. The third-order valence-electron chi connectivity index (χ3n) is 6.22. The molecule has 1 aliphatic heterocycles. The number of halogens is 2. The standard InChI is InChI=1S/C24H19F2N5O3S/c1-2-5-33-21-11-29-17(9-30-21)18(32)7-14-3-4-16(26)15(6-14)23(12-25)19-8-24(19,35-22(27)31-23)20-10-28-13-34-20/h1,3-4,6,9-11,13,19H,5,7-8,12H2,(H2,27,31)/t19-,23+,24-/m0/s1. The number of aromatic nitrogens is 3. The maximum absolute atomic E-state index is 15.1. The number of alkyl halides is 1. The number of aliphatic imine (C=N–C) groups is 1. The van der Waals surface area contributed by atoms with Crippen LogP contribution in [-0.2, 0) is 16.7 Å². The number of nitrogens with two attached hydrogens (primary N) is 1. The number of carbonyl (C=O) groups is 1. The lowest BCUT2D eigenvalue weighted by atomic mass is 9.83. The Hall–Kier alpha value is -3.78. The Bertz CT molecular complexity index is 1340. The van der Waals surface area contributed by atoms with Gasteiger partial charge < -0.3 is 14.9 Å². The number of ether oxygens (including phenoxy) is 1. The number of hydrogen-bond donors (Lipinski definition) is 1. The van der Waals surface area contributed by atoms with E-state index in [-0.39, 0.29) is 41.1 Å². The van der Waals surface area contributed by atoms with Crippen LogP contribution in [0.15, 0.2) is 52.6 Å². The number of nitrogens with zero attached hydrogens (tertiary/aromatic N) is 4. The zero-order valence-corrected chi connectivity index (χ0v) is 19.1. The molecular formula is C24H19F2N5O3S. The van der Waals surface area contributed by atoms with E-state index in [0.717, 1.165) is 0 Å². The summed E-state index contributed by atoms with van der Waals surface area (Å²) < 4.78 is 39.9. The Morgan fingerprint density at radius 3 is 2.89 bits per heavy atom. The molecule has 5 rings (SSSR count). The van der Waals surface area contributed by atoms with E-state index in [1.165, 1.54) is 48.7 Å². The molecule has 178 valence electrons. The highest BCUT2D eigenvalue weighted by Crippen LogP contribution is 2.71. The molecule has 3 atom stereocenters. The Balaban J connectivity index is 1.44. The van der Waals surface area contributed by atoms with Crippen LogP contribution in [0.4, 0.5) is 8.78 Å². The zero-order valence-electron chi connectivity index (χ0n) is 18.3. The van der Waals surface area contributed by atoms with Gasteiger partial charge in [-0.25, -0.2) is 28.7 Å². The quantitative estimate of drug-likeness (QED) is 0.374. The monoisotopic (exact) mass is 495 g/mol. The first-order chi connectivity index (χ1) is 16.9. The highest BCUT2D eigenvalue weighted by atomic mass is 32.2. The van der Waals surface area contributed by atoms with Gasteiger partial charge in [-0.3, -0.25) is 4.79 Å². The van der Waals surface area contributed by atoms with E-state index in [2.05, 4.69) is 25.9 Å². The number of amidine groups is 1. The van der Waals surface area contributed by atoms with Crippen LogP contribution in [0.2, 0.25) is 0 Å². The van der Waals surface area contributed by atoms with E-state index < -0.39 is 28.7 Å². The van der Waals surface area contributed by atoms with Crippen LogP contribution in [0.1, 0.15) is 33.8 Å². The number of ketones is 1. The van der Waals surface area contributed by atoms with Crippen LogP contribution in [0, 0.1) is 24.1 Å². The third-order valence-corrected chi connectivity index (χ3v) is 7.53. The first-order valence-corrected chi connectivity index (χ1v) is 11.4. The highest BCUT2D eigenvalue weighted by Gasteiger charge is 2.70. The molecular weight excluding hydrogens is 476 g/mol. The van der Waals surface area contributed by atoms with Crippen LogP contribution in [0.3, 0.4) is 0 Å². The SMILES string of the molecule is C#CCOc1cnc(C(=O)Cc2ccc(F)c([C@@]3(CF)N=C(N)S[C@@]4(c5cnco5)C[C@@H]34)c2)cn1. The lowest BCUT2D eigenvalue weighted by Gasteiger charge is -2.34. The summed E-state index contributed by atoms with van der Waals surface area (Å²) in [7, 11) is 0. The number of Topliss-reactive ketones (excluding diaryl/α,β-unsaturated/α-hetero) is 1. The van der Waals surface area contributed by atoms with Gasteiger partial charge in [0.2, 0.25) is 5.88 Å². The van der Waals surface area contributed by atoms with Crippen molar-refractivity contribution >= 4 is 22.7 Å². The third kappa shape index (κ3) is 3.93. The molecule has 0 amide bonds. The van der Waals surface area contributed by atoms with Crippen molar-refractivity contribution in [2.24, 2.45) is 16.6 Å². The summed E-state index contributed by atoms with van der Waals surface area (Å²) in [5.41, 5.74) is 5.18. The molecule has 3 heterocycles. The molecule has 1 fully saturated rings. The topological polar surface area (TPSA) is 116 Å². The first-order valence-electron chi connectivity index (χ1n) is 10.6. The van der Waals surface area contributed by atoms with E-state index >= 15 is 4.39 Å². The summed E-state index contributed by atoms with van der Waals surface area (Å²) in [6.07, 6.45) is 11.0. The number of rotatable bonds is 8. The van der Waals surface area contributed by atoms with Gasteiger partial charge in [0.25, 0.3) is 0 Å². The van der Waals surface area contributed by atoms with Crippen molar-refractivity contribution in [2.45, 2.75) is 23.1 Å². The minimum absolute atomic E-state index is 0.0286. The Morgan fingerprint density at radius 1 is 1.34 bits per heavy atom. The molecule has 1 saturated carbocycles. The van der Waals surface area contributed by atoms with Gasteiger partial charge in [-0.05, 0) is 24.1 Å². The van der Waals surface area contributed by atoms with Gasteiger partial charge in [0.15, 0.2) is 24.0 Å². The second kappa shape index (κ2) is 8.78. The largest absolute Gasteiger partial charge is 0.463 e. The normalized spacial score (nSPS) is 24.7. The summed E-state index contributed by atoms with van der Waals surface area (Å²) in [6, 6.07) is 4.16. The average Bonchev–Trinajstić information content (AvgIpc) is 3.34. The lowest BCUT2D eigenvalue weighted by Crippen LogP contribution is -2.39. The van der Waals surface area contributed by atoms with Gasteiger partial charge in [0, 0.05) is 17.9 Å². The minimum atomic E-state index is -1.54. The lowest BCUT2D eigenvalue weighted by molar-refractivity contribution is 0.0987. The summed E-state index contributed by atoms with van der Waals surface area (Å²) in [4.78, 5) is 29.2. The summed E-state index contributed by atoms with van der Waals surface area (Å²) in [5.74, 6) is 1.67. The predicted octanol–water partition coefficient (Wildman–Crippen LogP) is 3.18. The number of benzene rings is 1. The molecule has 0 bridgehead atoms. The molecule has 3 aromatic rings. The van der Waals surface area contributed by atoms with Crippen molar-refractivity contribution in [2.75, 3.05) is 13.3 Å². The number of thioether (sulfide) groups is 1. The fourth-order valence-electron chi connectivity index (χ4n) is 4.53. The predicted molar refractivity (Wildman–Crippen MR) is 124 cm³/mol. The van der Waals surface area contributed by atoms with E-state index in [9.17, 15) is 9.18 Å². The minimum Gasteiger partial charge on any atom is -0.463 e. The number of carbonyl (C=O) groups excluding carboxylic acids is 1. The first kappa shape index (κ1) is 23.0. The number of terminal acetylenes is 1. The fourth-order valence-corrected chi connectivity index (χ4v) is 5.90. The Kier molecular flexibility index (Phi) is 5.76. The van der Waals surface area contributed by atoms with Gasteiger partial charge in [-0.15, -0.1) is 6.42 Å². The smallest absolute Gasteiger partial charge is 0.233 e. The Labute approximate surface area is 203 Å². The van der Waals surface area contributed by atoms with Gasteiger partial charge in [-0.1, -0.05) is 23.7 Å². The van der Waals surface area contributed by atoms with E-state index in [0.29, 0.717) is 17.7 Å². The van der Waals surface area contributed by atoms with Crippen LogP contribution < -0.4 is 10.5 Å². The van der Waals surface area contributed by atoms with Crippen LogP contribution in [-0.4, -0.2) is 39.2 Å². The second-order valence-corrected chi connectivity index (χ2v) is 9.62. The molecule has 35 heavy (non-hydrogen) atoms. The van der Waals surface area contributed by atoms with Crippen LogP contribution in [0.5, 0.6) is 5.88 Å². The average molecular weight is 496 g/mol. The van der Waals surface area contributed by atoms with Crippen LogP contribution >= 0.6 is 11.8 Å². The van der Waals surface area contributed by atoms with E-state index in [1.807, 2.05) is 0 Å². The molecule has 0 saturated heterocycles.